The maximum Gasteiger partial charge on any atom is 0.338 e. The molecule has 3 heterocycles. The minimum absolute atomic E-state index is 0.0327. The Morgan fingerprint density at radius 2 is 1.94 bits per heavy atom. The average molecular weight is 496 g/mol. The normalized spacial score (nSPS) is 15.7. The smallest absolute Gasteiger partial charge is 0.338 e. The van der Waals surface area contributed by atoms with Crippen LogP contribution < -0.4 is 24.5 Å². The van der Waals surface area contributed by atoms with E-state index in [-0.39, 0.29) is 18.3 Å². The van der Waals surface area contributed by atoms with Crippen LogP contribution in [0, 0.1) is 0 Å². The number of fused-ring (bicyclic) bond motifs is 1. The number of rotatable bonds is 7. The molecule has 9 heteroatoms. The first-order valence-electron chi connectivity index (χ1n) is 11.4. The number of esters is 1. The van der Waals surface area contributed by atoms with Gasteiger partial charge in [-0.25, -0.2) is 9.79 Å². The second-order valence-electron chi connectivity index (χ2n) is 8.61. The Morgan fingerprint density at radius 3 is 2.54 bits per heavy atom. The number of aromatic nitrogens is 1. The molecule has 0 N–H and O–H groups in total. The summed E-state index contributed by atoms with van der Waals surface area (Å²) in [7, 11) is 3.77. The van der Waals surface area contributed by atoms with Gasteiger partial charge in [0.2, 0.25) is 0 Å². The van der Waals surface area contributed by atoms with Gasteiger partial charge in [0.25, 0.3) is 5.56 Å². The minimum Gasteiger partial charge on any atom is -0.491 e. The lowest BCUT2D eigenvalue weighted by molar-refractivity contribution is -0.139. The molecule has 35 heavy (non-hydrogen) atoms. The van der Waals surface area contributed by atoms with Crippen LogP contribution in [-0.2, 0) is 9.53 Å². The number of anilines is 1. The second-order valence-corrected chi connectivity index (χ2v) is 9.62. The lowest BCUT2D eigenvalue weighted by Gasteiger charge is -2.25. The molecule has 2 aromatic heterocycles. The molecular weight excluding hydrogens is 466 g/mol. The van der Waals surface area contributed by atoms with E-state index in [0.717, 1.165) is 5.56 Å². The Morgan fingerprint density at radius 1 is 1.23 bits per heavy atom. The highest BCUT2D eigenvalue weighted by Crippen LogP contribution is 2.31. The van der Waals surface area contributed by atoms with E-state index in [1.165, 1.54) is 11.3 Å². The molecule has 3 aromatic rings. The molecule has 0 fully saturated rings. The topological polar surface area (TPSA) is 86.3 Å². The highest BCUT2D eigenvalue weighted by atomic mass is 32.1. The van der Waals surface area contributed by atoms with Gasteiger partial charge in [0.15, 0.2) is 10.7 Å². The van der Waals surface area contributed by atoms with Crippen molar-refractivity contribution in [2.24, 2.45) is 4.99 Å². The van der Waals surface area contributed by atoms with Gasteiger partial charge < -0.3 is 18.8 Å². The van der Waals surface area contributed by atoms with E-state index in [1.807, 2.05) is 69.2 Å². The van der Waals surface area contributed by atoms with Crippen LogP contribution in [0.3, 0.4) is 0 Å². The highest BCUT2D eigenvalue weighted by molar-refractivity contribution is 7.07. The summed E-state index contributed by atoms with van der Waals surface area (Å²) in [6.45, 7) is 7.65. The van der Waals surface area contributed by atoms with Crippen LogP contribution in [0.25, 0.3) is 6.08 Å². The SMILES string of the molecule is CCOC(=O)C1=C(C)N=c2s/c(=C\c3ccc(N(C)C)o3)c(=O)n2[C@H]1c1ccc(OC(C)C)cc1. The molecule has 1 atom stereocenters. The number of benzene rings is 1. The quantitative estimate of drug-likeness (QED) is 0.468. The van der Waals surface area contributed by atoms with Crippen molar-refractivity contribution in [1.82, 2.24) is 4.57 Å². The van der Waals surface area contributed by atoms with Crippen molar-refractivity contribution >= 4 is 29.3 Å². The van der Waals surface area contributed by atoms with Crippen LogP contribution >= 0.6 is 11.3 Å². The fourth-order valence-corrected chi connectivity index (χ4v) is 4.92. The average Bonchev–Trinajstić information content (AvgIpc) is 3.38. The molecule has 0 spiro atoms. The predicted octanol–water partition coefficient (Wildman–Crippen LogP) is 3.24. The summed E-state index contributed by atoms with van der Waals surface area (Å²) in [6, 6.07) is 10.4. The molecule has 0 saturated carbocycles. The summed E-state index contributed by atoms with van der Waals surface area (Å²) in [5.41, 5.74) is 1.38. The van der Waals surface area contributed by atoms with Gasteiger partial charge in [0.1, 0.15) is 11.5 Å². The summed E-state index contributed by atoms with van der Waals surface area (Å²) >= 11 is 1.26. The first kappa shape index (κ1) is 24.5. The molecule has 1 aliphatic heterocycles. The lowest BCUT2D eigenvalue weighted by Crippen LogP contribution is -2.39. The number of hydrogen-bond donors (Lipinski definition) is 0. The molecular formula is C26H29N3O5S. The van der Waals surface area contributed by atoms with Gasteiger partial charge in [-0.1, -0.05) is 23.5 Å². The van der Waals surface area contributed by atoms with Crippen molar-refractivity contribution in [2.75, 3.05) is 25.6 Å². The number of ether oxygens (including phenoxy) is 2. The molecule has 8 nitrogen and oxygen atoms in total. The third-order valence-corrected chi connectivity index (χ3v) is 6.39. The Labute approximate surface area is 207 Å². The van der Waals surface area contributed by atoms with Crippen LogP contribution in [0.1, 0.15) is 45.1 Å². The van der Waals surface area contributed by atoms with E-state index >= 15 is 0 Å². The molecule has 0 bridgehead atoms. The monoisotopic (exact) mass is 495 g/mol. The van der Waals surface area contributed by atoms with E-state index in [2.05, 4.69) is 4.99 Å². The Bertz CT molecular complexity index is 1440. The summed E-state index contributed by atoms with van der Waals surface area (Å²) in [4.78, 5) is 33.6. The van der Waals surface area contributed by atoms with Crippen LogP contribution in [0.15, 0.2) is 61.9 Å². The van der Waals surface area contributed by atoms with Gasteiger partial charge in [0, 0.05) is 26.2 Å². The molecule has 0 radical (unpaired) electrons. The van der Waals surface area contributed by atoms with E-state index in [0.29, 0.717) is 38.0 Å². The van der Waals surface area contributed by atoms with E-state index in [4.69, 9.17) is 13.9 Å². The van der Waals surface area contributed by atoms with Gasteiger partial charge >= 0.3 is 5.97 Å². The molecule has 0 saturated heterocycles. The Hall–Kier alpha value is -3.59. The van der Waals surface area contributed by atoms with E-state index < -0.39 is 12.0 Å². The van der Waals surface area contributed by atoms with Gasteiger partial charge in [0.05, 0.1) is 34.6 Å². The zero-order chi connectivity index (χ0) is 25.3. The third kappa shape index (κ3) is 4.95. The number of carbonyl (C=O) groups excluding carboxylic acids is 1. The van der Waals surface area contributed by atoms with Crippen molar-refractivity contribution in [3.8, 4) is 5.75 Å². The van der Waals surface area contributed by atoms with Crippen molar-refractivity contribution < 1.29 is 18.7 Å². The lowest BCUT2D eigenvalue weighted by atomic mass is 9.96. The third-order valence-electron chi connectivity index (χ3n) is 5.41. The molecule has 0 aliphatic carbocycles. The van der Waals surface area contributed by atoms with Crippen molar-refractivity contribution in [3.63, 3.8) is 0 Å². The molecule has 4 rings (SSSR count). The van der Waals surface area contributed by atoms with Gasteiger partial charge in [-0.3, -0.25) is 9.36 Å². The van der Waals surface area contributed by atoms with E-state index in [9.17, 15) is 9.59 Å². The highest BCUT2D eigenvalue weighted by Gasteiger charge is 2.33. The molecule has 184 valence electrons. The number of hydrogen-bond acceptors (Lipinski definition) is 8. The molecule has 0 unspecified atom stereocenters. The first-order chi connectivity index (χ1) is 16.7. The van der Waals surface area contributed by atoms with Crippen molar-refractivity contribution in [1.29, 1.82) is 0 Å². The predicted molar refractivity (Wildman–Crippen MR) is 136 cm³/mol. The fourth-order valence-electron chi connectivity index (χ4n) is 3.90. The minimum atomic E-state index is -0.672. The van der Waals surface area contributed by atoms with Gasteiger partial charge in [-0.2, -0.15) is 0 Å². The zero-order valence-corrected chi connectivity index (χ0v) is 21.5. The molecule has 1 aliphatic rings. The number of furan rings is 1. The van der Waals surface area contributed by atoms with Gasteiger partial charge in [-0.05, 0) is 51.5 Å². The Balaban J connectivity index is 1.87. The number of nitrogens with zero attached hydrogens (tertiary/aromatic N) is 3. The second kappa shape index (κ2) is 9.95. The summed E-state index contributed by atoms with van der Waals surface area (Å²) < 4.78 is 18.9. The van der Waals surface area contributed by atoms with Crippen LogP contribution in [0.4, 0.5) is 5.88 Å². The largest absolute Gasteiger partial charge is 0.491 e. The maximum atomic E-state index is 13.6. The first-order valence-corrected chi connectivity index (χ1v) is 12.2. The van der Waals surface area contributed by atoms with Crippen LogP contribution in [0.5, 0.6) is 5.75 Å². The standard InChI is InChI=1S/C26H29N3O5S/c1-7-32-25(31)22-16(4)27-26-29(23(22)17-8-10-18(11-9-17)33-15(2)3)24(30)20(35-26)14-19-12-13-21(34-19)28(5)6/h8-15,23H,7H2,1-6H3/b20-14-/t23-/m0/s1. The number of allylic oxidation sites excluding steroid dienone is 1. The van der Waals surface area contributed by atoms with Crippen LogP contribution in [0.2, 0.25) is 0 Å². The fraction of sp³-hybridized carbons (Fsp3) is 0.346. The van der Waals surface area contributed by atoms with Crippen LogP contribution in [-0.4, -0.2) is 37.3 Å². The maximum absolute atomic E-state index is 13.6. The van der Waals surface area contributed by atoms with Crippen molar-refractivity contribution in [3.05, 3.63) is 78.7 Å². The van der Waals surface area contributed by atoms with Crippen molar-refractivity contribution in [2.45, 2.75) is 39.8 Å². The molecule has 0 amide bonds. The zero-order valence-electron chi connectivity index (χ0n) is 20.7. The summed E-state index contributed by atoms with van der Waals surface area (Å²) in [5, 5.41) is 0. The summed E-state index contributed by atoms with van der Waals surface area (Å²) in [5.74, 6) is 1.47. The van der Waals surface area contributed by atoms with Gasteiger partial charge in [-0.15, -0.1) is 0 Å². The van der Waals surface area contributed by atoms with E-state index in [1.54, 1.807) is 24.5 Å². The summed E-state index contributed by atoms with van der Waals surface area (Å²) in [6.07, 6.45) is 1.74. The molecule has 1 aromatic carbocycles. The number of thiazole rings is 1. The Kier molecular flexibility index (Phi) is 6.98. The number of carbonyl (C=O) groups is 1.